The summed E-state index contributed by atoms with van der Waals surface area (Å²) in [6.45, 7) is 8.86. The van der Waals surface area contributed by atoms with Gasteiger partial charge < -0.3 is 0 Å². The van der Waals surface area contributed by atoms with Crippen LogP contribution in [0.1, 0.15) is 33.4 Å². The Morgan fingerprint density at radius 2 is 1.70 bits per heavy atom. The third kappa shape index (κ3) is 4.14. The molecule has 3 nitrogen and oxygen atoms in total. The molecule has 0 atom stereocenters. The number of rotatable bonds is 5. The van der Waals surface area contributed by atoms with E-state index < -0.39 is 0 Å². The lowest BCUT2D eigenvalue weighted by Crippen LogP contribution is -2.31. The molecule has 152 valence electrons. The zero-order valence-electron chi connectivity index (χ0n) is 17.9. The van der Waals surface area contributed by atoms with Crippen molar-refractivity contribution < 1.29 is 4.79 Å². The molecule has 1 heterocycles. The summed E-state index contributed by atoms with van der Waals surface area (Å²) in [6, 6.07) is 20.6. The minimum absolute atomic E-state index is 0.0687. The Morgan fingerprint density at radius 3 is 2.43 bits per heavy atom. The molecule has 0 radical (unpaired) electrons. The zero-order valence-corrected chi connectivity index (χ0v) is 18.7. The van der Waals surface area contributed by atoms with E-state index in [1.807, 2.05) is 23.1 Å². The van der Waals surface area contributed by atoms with E-state index in [0.717, 1.165) is 32.0 Å². The van der Waals surface area contributed by atoms with Crippen molar-refractivity contribution in [1.29, 1.82) is 0 Å². The number of anilines is 1. The topological polar surface area (TPSA) is 33.2 Å². The first-order valence-electron chi connectivity index (χ1n) is 10.2. The number of amides is 1. The number of nitrogens with zero attached hydrogens (tertiary/aromatic N) is 2. The number of fused-ring (bicyclic) bond motifs is 1. The maximum Gasteiger partial charge on any atom is 0.233 e. The van der Waals surface area contributed by atoms with Crippen LogP contribution in [0.2, 0.25) is 0 Å². The van der Waals surface area contributed by atoms with Gasteiger partial charge in [0.05, 0.1) is 23.2 Å². The van der Waals surface area contributed by atoms with Crippen LogP contribution in [-0.2, 0) is 17.8 Å². The second kappa shape index (κ2) is 8.41. The second-order valence-electron chi connectivity index (χ2n) is 7.92. The molecule has 30 heavy (non-hydrogen) atoms. The highest BCUT2D eigenvalue weighted by Gasteiger charge is 2.22. The molecule has 0 aliphatic heterocycles. The smallest absolute Gasteiger partial charge is 0.233 e. The van der Waals surface area contributed by atoms with Gasteiger partial charge in [0.2, 0.25) is 5.91 Å². The Balaban J connectivity index is 1.72. The summed E-state index contributed by atoms with van der Waals surface area (Å²) in [4.78, 5) is 20.2. The first-order valence-corrected chi connectivity index (χ1v) is 11.0. The fourth-order valence-electron chi connectivity index (χ4n) is 3.66. The maximum absolute atomic E-state index is 13.5. The van der Waals surface area contributed by atoms with Crippen LogP contribution in [0.5, 0.6) is 0 Å². The molecule has 4 aromatic rings. The summed E-state index contributed by atoms with van der Waals surface area (Å²) in [7, 11) is 0. The lowest BCUT2D eigenvalue weighted by atomic mass is 10.0. The van der Waals surface area contributed by atoms with E-state index in [1.165, 1.54) is 16.7 Å². The van der Waals surface area contributed by atoms with Crippen molar-refractivity contribution in [2.24, 2.45) is 0 Å². The third-order valence-corrected chi connectivity index (χ3v) is 6.67. The summed E-state index contributed by atoms with van der Waals surface area (Å²) in [6.07, 6.45) is 0.368. The Hall–Kier alpha value is -2.98. The number of carbonyl (C=O) groups excluding carboxylic acids is 1. The number of thiazole rings is 1. The number of benzene rings is 3. The van der Waals surface area contributed by atoms with Crippen LogP contribution in [0.25, 0.3) is 10.2 Å². The van der Waals surface area contributed by atoms with Crippen molar-refractivity contribution in [2.75, 3.05) is 4.90 Å². The molecule has 0 unspecified atom stereocenters. The summed E-state index contributed by atoms with van der Waals surface area (Å²) in [5, 5.41) is 0.761. The molecular weight excluding hydrogens is 388 g/mol. The molecule has 0 spiro atoms. The van der Waals surface area contributed by atoms with Crippen LogP contribution >= 0.6 is 11.3 Å². The molecular formula is C26H26N2OS. The van der Waals surface area contributed by atoms with Gasteiger partial charge in [0.15, 0.2) is 5.13 Å². The van der Waals surface area contributed by atoms with Crippen molar-refractivity contribution in [3.05, 3.63) is 94.0 Å². The zero-order chi connectivity index (χ0) is 21.3. The largest absolute Gasteiger partial charge is 0.283 e. The van der Waals surface area contributed by atoms with Crippen molar-refractivity contribution in [1.82, 2.24) is 4.98 Å². The minimum atomic E-state index is 0.0687. The summed E-state index contributed by atoms with van der Waals surface area (Å²) in [5.41, 5.74) is 7.91. The van der Waals surface area contributed by atoms with Gasteiger partial charge in [-0.3, -0.25) is 9.69 Å². The number of hydrogen-bond acceptors (Lipinski definition) is 3. The molecule has 0 saturated heterocycles. The van der Waals surface area contributed by atoms with Gasteiger partial charge in [-0.25, -0.2) is 4.98 Å². The highest BCUT2D eigenvalue weighted by Crippen LogP contribution is 2.33. The van der Waals surface area contributed by atoms with Gasteiger partial charge in [-0.2, -0.15) is 0 Å². The van der Waals surface area contributed by atoms with E-state index >= 15 is 0 Å². The highest BCUT2D eigenvalue weighted by molar-refractivity contribution is 7.22. The summed E-state index contributed by atoms with van der Waals surface area (Å²) < 4.78 is 1.12. The number of aryl methyl sites for hydroxylation is 4. The SMILES string of the molecule is Cc1ccc(CC(=O)N(Cc2ccccc2)c2nc3c(C)c(C)ccc3s2)c(C)c1. The predicted molar refractivity (Wildman–Crippen MR) is 126 cm³/mol. The lowest BCUT2D eigenvalue weighted by molar-refractivity contribution is -0.118. The Morgan fingerprint density at radius 1 is 0.933 bits per heavy atom. The van der Waals surface area contributed by atoms with Gasteiger partial charge in [0.1, 0.15) is 0 Å². The standard InChI is InChI=1S/C26H26N2OS/c1-17-10-12-22(19(3)14-17)15-24(29)28(16-21-8-6-5-7-9-21)26-27-25-20(4)18(2)11-13-23(25)30-26/h5-14H,15-16H2,1-4H3. The molecule has 0 bridgehead atoms. The van der Waals surface area contributed by atoms with Crippen LogP contribution < -0.4 is 4.90 Å². The van der Waals surface area contributed by atoms with Crippen LogP contribution in [0.15, 0.2) is 60.7 Å². The average Bonchev–Trinajstić information content (AvgIpc) is 3.16. The molecule has 1 amide bonds. The Labute approximate surface area is 182 Å². The fraction of sp³-hybridized carbons (Fsp3) is 0.231. The summed E-state index contributed by atoms with van der Waals surface area (Å²) in [5.74, 6) is 0.0687. The van der Waals surface area contributed by atoms with E-state index in [0.29, 0.717) is 13.0 Å². The third-order valence-electron chi connectivity index (χ3n) is 5.63. The van der Waals surface area contributed by atoms with Crippen molar-refractivity contribution in [2.45, 2.75) is 40.7 Å². The molecule has 0 N–H and O–H groups in total. The Kier molecular flexibility index (Phi) is 5.69. The monoisotopic (exact) mass is 414 g/mol. The van der Waals surface area contributed by atoms with E-state index in [-0.39, 0.29) is 5.91 Å². The summed E-state index contributed by atoms with van der Waals surface area (Å²) >= 11 is 1.59. The Bertz CT molecular complexity index is 1210. The molecule has 4 rings (SSSR count). The van der Waals surface area contributed by atoms with Crippen molar-refractivity contribution >= 4 is 32.6 Å². The number of aromatic nitrogens is 1. The molecule has 0 saturated carbocycles. The van der Waals surface area contributed by atoms with Crippen LogP contribution in [0.4, 0.5) is 5.13 Å². The van der Waals surface area contributed by atoms with E-state index in [9.17, 15) is 4.79 Å². The first kappa shape index (κ1) is 20.3. The van der Waals surface area contributed by atoms with Crippen LogP contribution in [0.3, 0.4) is 0 Å². The maximum atomic E-state index is 13.5. The normalized spacial score (nSPS) is 11.1. The fourth-order valence-corrected chi connectivity index (χ4v) is 4.70. The molecule has 3 aromatic carbocycles. The van der Waals surface area contributed by atoms with E-state index in [1.54, 1.807) is 11.3 Å². The van der Waals surface area contributed by atoms with Crippen LogP contribution in [-0.4, -0.2) is 10.9 Å². The quantitative estimate of drug-likeness (QED) is 0.384. The van der Waals surface area contributed by atoms with Crippen LogP contribution in [0, 0.1) is 27.7 Å². The van der Waals surface area contributed by atoms with Gasteiger partial charge in [-0.05, 0) is 61.6 Å². The lowest BCUT2D eigenvalue weighted by Gasteiger charge is -2.21. The van der Waals surface area contributed by atoms with Gasteiger partial charge >= 0.3 is 0 Å². The molecule has 4 heteroatoms. The van der Waals surface area contributed by atoms with Crippen molar-refractivity contribution in [3.63, 3.8) is 0 Å². The van der Waals surface area contributed by atoms with E-state index in [4.69, 9.17) is 4.98 Å². The van der Waals surface area contributed by atoms with Gasteiger partial charge in [0.25, 0.3) is 0 Å². The minimum Gasteiger partial charge on any atom is -0.283 e. The van der Waals surface area contributed by atoms with E-state index in [2.05, 4.69) is 70.2 Å². The number of hydrogen-bond donors (Lipinski definition) is 0. The number of carbonyl (C=O) groups is 1. The average molecular weight is 415 g/mol. The highest BCUT2D eigenvalue weighted by atomic mass is 32.1. The predicted octanol–water partition coefficient (Wildman–Crippen LogP) is 6.31. The van der Waals surface area contributed by atoms with Gasteiger partial charge in [0, 0.05) is 0 Å². The van der Waals surface area contributed by atoms with Gasteiger partial charge in [-0.1, -0.05) is 71.5 Å². The molecule has 1 aromatic heterocycles. The molecule has 0 aliphatic rings. The van der Waals surface area contributed by atoms with Crippen molar-refractivity contribution in [3.8, 4) is 0 Å². The first-order chi connectivity index (χ1) is 14.4. The molecule has 0 aliphatic carbocycles. The second-order valence-corrected chi connectivity index (χ2v) is 8.93. The van der Waals surface area contributed by atoms with Gasteiger partial charge in [-0.15, -0.1) is 0 Å². The molecule has 0 fully saturated rings.